The van der Waals surface area contributed by atoms with E-state index in [0.29, 0.717) is 19.4 Å². The van der Waals surface area contributed by atoms with Crippen LogP contribution in [-0.4, -0.2) is 49.6 Å². The summed E-state index contributed by atoms with van der Waals surface area (Å²) in [5.41, 5.74) is 0. The quantitative estimate of drug-likeness (QED) is 0.641. The molecule has 1 amide bonds. The number of hydrogen-bond acceptors (Lipinski definition) is 4. The third-order valence-electron chi connectivity index (χ3n) is 2.74. The van der Waals surface area contributed by atoms with Crippen molar-refractivity contribution in [2.24, 2.45) is 0 Å². The number of methoxy groups -OCH3 is 1. The van der Waals surface area contributed by atoms with Crippen LogP contribution < -0.4 is 5.32 Å². The Morgan fingerprint density at radius 2 is 1.82 bits per heavy atom. The second kappa shape index (κ2) is 8.98. The van der Waals surface area contributed by atoms with Crippen molar-refractivity contribution >= 4 is 11.9 Å². The molecule has 5 nitrogen and oxygen atoms in total. The van der Waals surface area contributed by atoms with Gasteiger partial charge in [0.2, 0.25) is 5.91 Å². The van der Waals surface area contributed by atoms with Crippen molar-refractivity contribution in [2.45, 2.75) is 39.7 Å². The van der Waals surface area contributed by atoms with Crippen molar-refractivity contribution in [1.29, 1.82) is 0 Å². The number of ether oxygens (including phenoxy) is 1. The summed E-state index contributed by atoms with van der Waals surface area (Å²) in [4.78, 5) is 24.7. The number of amides is 1. The highest BCUT2D eigenvalue weighted by molar-refractivity contribution is 5.77. The van der Waals surface area contributed by atoms with Gasteiger partial charge in [0.15, 0.2) is 0 Å². The van der Waals surface area contributed by atoms with Crippen LogP contribution in [-0.2, 0) is 14.3 Å². The van der Waals surface area contributed by atoms with Crippen molar-refractivity contribution in [3.05, 3.63) is 0 Å². The predicted octanol–water partition coefficient (Wildman–Crippen LogP) is 0.786. The van der Waals surface area contributed by atoms with Crippen molar-refractivity contribution in [3.63, 3.8) is 0 Å². The molecule has 0 fully saturated rings. The Labute approximate surface area is 103 Å². The van der Waals surface area contributed by atoms with Gasteiger partial charge in [-0.15, -0.1) is 0 Å². The van der Waals surface area contributed by atoms with Crippen LogP contribution in [0.1, 0.15) is 33.6 Å². The molecule has 0 aliphatic carbocycles. The highest BCUT2D eigenvalue weighted by Gasteiger charge is 2.16. The van der Waals surface area contributed by atoms with Gasteiger partial charge in [-0.05, 0) is 20.3 Å². The smallest absolute Gasteiger partial charge is 0.322 e. The van der Waals surface area contributed by atoms with Crippen molar-refractivity contribution < 1.29 is 14.3 Å². The van der Waals surface area contributed by atoms with Crippen molar-refractivity contribution in [2.75, 3.05) is 26.7 Å². The minimum Gasteiger partial charge on any atom is -0.468 e. The summed E-state index contributed by atoms with van der Waals surface area (Å²) < 4.78 is 4.65. The third kappa shape index (κ3) is 5.68. The molecular formula is C12H24N2O3. The predicted molar refractivity (Wildman–Crippen MR) is 66.6 cm³/mol. The number of rotatable bonds is 8. The van der Waals surface area contributed by atoms with Gasteiger partial charge in [0.25, 0.3) is 0 Å². The van der Waals surface area contributed by atoms with E-state index >= 15 is 0 Å². The van der Waals surface area contributed by atoms with E-state index in [-0.39, 0.29) is 17.9 Å². The molecule has 0 aliphatic rings. The normalized spacial score (nSPS) is 12.0. The second-order valence-electron chi connectivity index (χ2n) is 3.75. The highest BCUT2D eigenvalue weighted by Crippen LogP contribution is 1.96. The van der Waals surface area contributed by atoms with Gasteiger partial charge in [-0.3, -0.25) is 9.59 Å². The zero-order valence-corrected chi connectivity index (χ0v) is 11.3. The van der Waals surface area contributed by atoms with E-state index in [4.69, 9.17) is 0 Å². The van der Waals surface area contributed by atoms with Gasteiger partial charge < -0.3 is 15.0 Å². The third-order valence-corrected chi connectivity index (χ3v) is 2.74. The fourth-order valence-electron chi connectivity index (χ4n) is 1.62. The Morgan fingerprint density at radius 3 is 2.24 bits per heavy atom. The summed E-state index contributed by atoms with van der Waals surface area (Å²) in [6.45, 7) is 7.77. The summed E-state index contributed by atoms with van der Waals surface area (Å²) >= 11 is 0. The lowest BCUT2D eigenvalue weighted by atomic mass is 10.2. The number of carbonyl (C=O) groups excluding carboxylic acids is 2. The first kappa shape index (κ1) is 15.9. The van der Waals surface area contributed by atoms with Crippen LogP contribution in [0.3, 0.4) is 0 Å². The van der Waals surface area contributed by atoms with Crippen LogP contribution in [0.2, 0.25) is 0 Å². The van der Waals surface area contributed by atoms with Crippen molar-refractivity contribution in [3.8, 4) is 0 Å². The molecule has 0 aromatic carbocycles. The first-order chi connectivity index (χ1) is 8.10. The van der Waals surface area contributed by atoms with Gasteiger partial charge in [0, 0.05) is 26.1 Å². The minimum atomic E-state index is -0.315. The maximum Gasteiger partial charge on any atom is 0.322 e. The molecule has 0 rings (SSSR count). The van der Waals surface area contributed by atoms with Crippen LogP contribution in [0, 0.1) is 0 Å². The average Bonchev–Trinajstić information content (AvgIpc) is 2.35. The maximum absolute atomic E-state index is 11.7. The summed E-state index contributed by atoms with van der Waals surface area (Å²) in [6, 6.07) is -0.315. The Kier molecular flexibility index (Phi) is 8.40. The monoisotopic (exact) mass is 244 g/mol. The Morgan fingerprint density at radius 1 is 1.24 bits per heavy atom. The molecule has 5 heteroatoms. The minimum absolute atomic E-state index is 0.113. The maximum atomic E-state index is 11.7. The van der Waals surface area contributed by atoms with E-state index in [1.165, 1.54) is 7.11 Å². The van der Waals surface area contributed by atoms with Crippen LogP contribution in [0.4, 0.5) is 0 Å². The van der Waals surface area contributed by atoms with Gasteiger partial charge in [-0.2, -0.15) is 0 Å². The van der Waals surface area contributed by atoms with Gasteiger partial charge in [0.1, 0.15) is 6.04 Å². The van der Waals surface area contributed by atoms with Gasteiger partial charge >= 0.3 is 5.97 Å². The zero-order chi connectivity index (χ0) is 13.3. The number of hydrogen-bond donors (Lipinski definition) is 1. The number of carbonyl (C=O) groups is 2. The van der Waals surface area contributed by atoms with E-state index in [1.54, 1.807) is 4.90 Å². The summed E-state index contributed by atoms with van der Waals surface area (Å²) in [5.74, 6) is -0.162. The van der Waals surface area contributed by atoms with E-state index in [2.05, 4.69) is 10.1 Å². The van der Waals surface area contributed by atoms with Gasteiger partial charge in [-0.1, -0.05) is 6.92 Å². The first-order valence-corrected chi connectivity index (χ1v) is 6.19. The molecule has 0 aromatic heterocycles. The molecule has 0 spiro atoms. The van der Waals surface area contributed by atoms with Gasteiger partial charge in [0.05, 0.1) is 7.11 Å². The van der Waals surface area contributed by atoms with Crippen LogP contribution >= 0.6 is 0 Å². The fourth-order valence-corrected chi connectivity index (χ4v) is 1.62. The number of nitrogens with zero attached hydrogens (tertiary/aromatic N) is 1. The molecule has 17 heavy (non-hydrogen) atoms. The van der Waals surface area contributed by atoms with E-state index in [1.807, 2.05) is 20.8 Å². The largest absolute Gasteiger partial charge is 0.468 e. The van der Waals surface area contributed by atoms with Crippen LogP contribution in [0.5, 0.6) is 0 Å². The molecule has 0 saturated heterocycles. The van der Waals surface area contributed by atoms with Crippen LogP contribution in [0.15, 0.2) is 0 Å². The van der Waals surface area contributed by atoms with Crippen molar-refractivity contribution in [1.82, 2.24) is 10.2 Å². The molecule has 1 unspecified atom stereocenters. The zero-order valence-electron chi connectivity index (χ0n) is 11.3. The Bertz CT molecular complexity index is 240. The Balaban J connectivity index is 3.96. The average molecular weight is 244 g/mol. The Hall–Kier alpha value is -1.10. The second-order valence-corrected chi connectivity index (χ2v) is 3.75. The molecule has 1 atom stereocenters. The molecule has 0 radical (unpaired) electrons. The summed E-state index contributed by atoms with van der Waals surface area (Å²) in [5, 5.41) is 3.03. The number of esters is 1. The first-order valence-electron chi connectivity index (χ1n) is 6.19. The summed E-state index contributed by atoms with van der Waals surface area (Å²) in [6.07, 6.45) is 1.07. The molecular weight excluding hydrogens is 220 g/mol. The lowest BCUT2D eigenvalue weighted by molar-refractivity contribution is -0.143. The standard InChI is InChI=1S/C12H24N2O3/c1-5-10(12(16)17-4)13-9-8-11(15)14(6-2)7-3/h10,13H,5-9H2,1-4H3. The topological polar surface area (TPSA) is 58.6 Å². The lowest BCUT2D eigenvalue weighted by Crippen LogP contribution is -2.40. The molecule has 0 aliphatic heterocycles. The van der Waals surface area contributed by atoms with E-state index < -0.39 is 0 Å². The van der Waals surface area contributed by atoms with E-state index in [9.17, 15) is 9.59 Å². The molecule has 1 N–H and O–H groups in total. The fraction of sp³-hybridized carbons (Fsp3) is 0.833. The molecule has 0 aromatic rings. The SMILES string of the molecule is CCC(NCCC(=O)N(CC)CC)C(=O)OC. The van der Waals surface area contributed by atoms with Gasteiger partial charge in [-0.25, -0.2) is 0 Å². The van der Waals surface area contributed by atoms with E-state index in [0.717, 1.165) is 13.1 Å². The molecule has 0 heterocycles. The highest BCUT2D eigenvalue weighted by atomic mass is 16.5. The molecule has 100 valence electrons. The van der Waals surface area contributed by atoms with Crippen LogP contribution in [0.25, 0.3) is 0 Å². The molecule has 0 bridgehead atoms. The lowest BCUT2D eigenvalue weighted by Gasteiger charge is -2.19. The summed E-state index contributed by atoms with van der Waals surface area (Å²) in [7, 11) is 1.37. The number of nitrogens with one attached hydrogen (secondary N) is 1. The molecule has 0 saturated carbocycles.